The highest BCUT2D eigenvalue weighted by Gasteiger charge is 2.35. The van der Waals surface area contributed by atoms with Crippen molar-refractivity contribution in [2.75, 3.05) is 4.90 Å². The van der Waals surface area contributed by atoms with Gasteiger partial charge in [-0.15, -0.1) is 0 Å². The molecule has 0 aliphatic carbocycles. The number of carbonyl (C=O) groups excluding carboxylic acids is 1. The van der Waals surface area contributed by atoms with Gasteiger partial charge in [-0.05, 0) is 42.3 Å². The molecule has 6 nitrogen and oxygen atoms in total. The molecule has 1 amide bonds. The molecule has 0 bridgehead atoms. The van der Waals surface area contributed by atoms with Crippen LogP contribution < -0.4 is 10.5 Å². The zero-order valence-corrected chi connectivity index (χ0v) is 21.4. The van der Waals surface area contributed by atoms with Crippen LogP contribution in [0.3, 0.4) is 0 Å². The number of halogens is 2. The Labute approximate surface area is 218 Å². The lowest BCUT2D eigenvalue weighted by atomic mass is 9.97. The summed E-state index contributed by atoms with van der Waals surface area (Å²) in [5, 5.41) is 1.06. The lowest BCUT2D eigenvalue weighted by Gasteiger charge is -2.27. The van der Waals surface area contributed by atoms with E-state index >= 15 is 0 Å². The third-order valence-electron chi connectivity index (χ3n) is 6.55. The summed E-state index contributed by atoms with van der Waals surface area (Å²) in [5.41, 5.74) is 3.49. The summed E-state index contributed by atoms with van der Waals surface area (Å²) in [6.07, 6.45) is 2.43. The molecule has 0 saturated heterocycles. The van der Waals surface area contributed by atoms with Crippen LogP contribution in [0.4, 0.5) is 5.69 Å². The highest BCUT2D eigenvalue weighted by Crippen LogP contribution is 2.35. The van der Waals surface area contributed by atoms with Gasteiger partial charge in [0.05, 0.1) is 23.6 Å². The van der Waals surface area contributed by atoms with Gasteiger partial charge in [0, 0.05) is 33.4 Å². The number of rotatable bonds is 5. The van der Waals surface area contributed by atoms with Crippen molar-refractivity contribution in [2.45, 2.75) is 32.9 Å². The Morgan fingerprint density at radius 1 is 0.972 bits per heavy atom. The number of hydrogen-bond acceptors (Lipinski definition) is 4. The number of benzodiazepines with no additional fused rings is 1. The van der Waals surface area contributed by atoms with Crippen LogP contribution in [0.25, 0.3) is 5.65 Å². The minimum absolute atomic E-state index is 0.0301. The standard InChI is InChI=1S/C28H24Cl2N4O2/c1-3-17(2)26-28(36)34(16-19-15-25(35)33-13-7-6-10-24(33)31-19)23-12-11-18(29)14-21(23)27(32-26)20-8-4-5-9-22(20)30/h4-15,17,26H,3,16H2,1-2H3/t17-,26+/m1/s1. The third kappa shape index (κ3) is 4.43. The van der Waals surface area contributed by atoms with E-state index in [1.165, 1.54) is 10.5 Å². The zero-order chi connectivity index (χ0) is 25.4. The summed E-state index contributed by atoms with van der Waals surface area (Å²) in [5.74, 6) is -0.192. The normalized spacial score (nSPS) is 16.4. The first-order valence-corrected chi connectivity index (χ1v) is 12.5. The monoisotopic (exact) mass is 518 g/mol. The molecule has 8 heteroatoms. The van der Waals surface area contributed by atoms with Crippen LogP contribution >= 0.6 is 23.2 Å². The molecule has 3 heterocycles. The molecule has 0 unspecified atom stereocenters. The summed E-state index contributed by atoms with van der Waals surface area (Å²) in [6.45, 7) is 4.16. The van der Waals surface area contributed by atoms with Crippen molar-refractivity contribution in [1.29, 1.82) is 0 Å². The van der Waals surface area contributed by atoms with E-state index in [1.807, 2.05) is 44.2 Å². The van der Waals surface area contributed by atoms with Crippen molar-refractivity contribution >= 4 is 46.2 Å². The quantitative estimate of drug-likeness (QED) is 0.335. The van der Waals surface area contributed by atoms with Crippen molar-refractivity contribution in [3.05, 3.63) is 110 Å². The fourth-order valence-electron chi connectivity index (χ4n) is 4.45. The first-order valence-electron chi connectivity index (χ1n) is 11.8. The summed E-state index contributed by atoms with van der Waals surface area (Å²) in [4.78, 5) is 38.1. The van der Waals surface area contributed by atoms with Crippen molar-refractivity contribution < 1.29 is 4.79 Å². The predicted molar refractivity (Wildman–Crippen MR) is 144 cm³/mol. The first kappa shape index (κ1) is 24.2. The van der Waals surface area contributed by atoms with Crippen LogP contribution in [0.2, 0.25) is 10.0 Å². The lowest BCUT2D eigenvalue weighted by molar-refractivity contribution is -0.120. The van der Waals surface area contributed by atoms with E-state index in [0.29, 0.717) is 38.3 Å². The molecule has 2 aromatic carbocycles. The third-order valence-corrected chi connectivity index (χ3v) is 7.11. The highest BCUT2D eigenvalue weighted by atomic mass is 35.5. The number of nitrogens with zero attached hydrogens (tertiary/aromatic N) is 4. The van der Waals surface area contributed by atoms with Crippen LogP contribution in [0, 0.1) is 5.92 Å². The van der Waals surface area contributed by atoms with Crippen LogP contribution in [0.1, 0.15) is 37.1 Å². The number of aromatic nitrogens is 2. The second-order valence-electron chi connectivity index (χ2n) is 8.89. The van der Waals surface area contributed by atoms with Gasteiger partial charge >= 0.3 is 0 Å². The second kappa shape index (κ2) is 9.88. The first-order chi connectivity index (χ1) is 17.4. The number of pyridine rings is 1. The van der Waals surface area contributed by atoms with Crippen molar-refractivity contribution in [2.24, 2.45) is 10.9 Å². The van der Waals surface area contributed by atoms with Gasteiger partial charge in [-0.2, -0.15) is 0 Å². The average Bonchev–Trinajstić information content (AvgIpc) is 2.98. The fraction of sp³-hybridized carbons (Fsp3) is 0.214. The van der Waals surface area contributed by atoms with E-state index in [9.17, 15) is 9.59 Å². The minimum atomic E-state index is -0.644. The van der Waals surface area contributed by atoms with E-state index in [4.69, 9.17) is 28.2 Å². The van der Waals surface area contributed by atoms with E-state index in [1.54, 1.807) is 41.4 Å². The van der Waals surface area contributed by atoms with E-state index < -0.39 is 6.04 Å². The molecule has 36 heavy (non-hydrogen) atoms. The number of benzene rings is 2. The van der Waals surface area contributed by atoms with Gasteiger partial charge < -0.3 is 4.90 Å². The van der Waals surface area contributed by atoms with Gasteiger partial charge in [-0.1, -0.05) is 67.7 Å². The van der Waals surface area contributed by atoms with E-state index in [-0.39, 0.29) is 23.9 Å². The molecule has 1 aliphatic heterocycles. The van der Waals surface area contributed by atoms with Crippen LogP contribution in [0.5, 0.6) is 0 Å². The van der Waals surface area contributed by atoms with E-state index in [0.717, 1.165) is 12.0 Å². The maximum Gasteiger partial charge on any atom is 0.258 e. The van der Waals surface area contributed by atoms with Crippen LogP contribution in [0.15, 0.2) is 82.7 Å². The Balaban J connectivity index is 1.71. The highest BCUT2D eigenvalue weighted by molar-refractivity contribution is 6.37. The van der Waals surface area contributed by atoms with E-state index in [2.05, 4.69) is 4.98 Å². The second-order valence-corrected chi connectivity index (χ2v) is 9.73. The molecule has 1 aliphatic rings. The molecule has 0 spiro atoms. The maximum atomic E-state index is 14.0. The molecule has 2 aromatic heterocycles. The lowest BCUT2D eigenvalue weighted by Crippen LogP contribution is -2.40. The smallest absolute Gasteiger partial charge is 0.258 e. The molecule has 2 atom stereocenters. The molecule has 5 rings (SSSR count). The minimum Gasteiger partial charge on any atom is -0.304 e. The van der Waals surface area contributed by atoms with Crippen molar-refractivity contribution in [3.63, 3.8) is 0 Å². The summed E-state index contributed by atoms with van der Waals surface area (Å²) in [6, 6.07) is 19.0. The maximum absolute atomic E-state index is 14.0. The van der Waals surface area contributed by atoms with Crippen molar-refractivity contribution in [1.82, 2.24) is 9.38 Å². The number of amides is 1. The zero-order valence-electron chi connectivity index (χ0n) is 19.9. The summed E-state index contributed by atoms with van der Waals surface area (Å²) >= 11 is 13.0. The largest absolute Gasteiger partial charge is 0.304 e. The van der Waals surface area contributed by atoms with Crippen LogP contribution in [-0.2, 0) is 11.3 Å². The molecule has 0 radical (unpaired) electrons. The Morgan fingerprint density at radius 2 is 1.75 bits per heavy atom. The van der Waals surface area contributed by atoms with Crippen molar-refractivity contribution in [3.8, 4) is 0 Å². The molecule has 0 N–H and O–H groups in total. The number of aliphatic imine (C=N–C) groups is 1. The Bertz CT molecular complexity index is 1560. The van der Waals surface area contributed by atoms with Gasteiger partial charge in [0.2, 0.25) is 0 Å². The Kier molecular flexibility index (Phi) is 6.65. The predicted octanol–water partition coefficient (Wildman–Crippen LogP) is 5.80. The van der Waals surface area contributed by atoms with Crippen LogP contribution in [-0.4, -0.2) is 27.0 Å². The number of hydrogen-bond donors (Lipinski definition) is 0. The van der Waals surface area contributed by atoms with Gasteiger partial charge in [0.25, 0.3) is 11.5 Å². The average molecular weight is 519 g/mol. The van der Waals surface area contributed by atoms with Gasteiger partial charge in [0.1, 0.15) is 11.7 Å². The molecule has 0 saturated carbocycles. The molecular formula is C28H24Cl2N4O2. The summed E-state index contributed by atoms with van der Waals surface area (Å²) in [7, 11) is 0. The van der Waals surface area contributed by atoms with Gasteiger partial charge in [-0.3, -0.25) is 19.0 Å². The molecule has 182 valence electrons. The van der Waals surface area contributed by atoms with Gasteiger partial charge in [-0.25, -0.2) is 4.98 Å². The Morgan fingerprint density at radius 3 is 2.53 bits per heavy atom. The number of anilines is 1. The summed E-state index contributed by atoms with van der Waals surface area (Å²) < 4.78 is 1.47. The SMILES string of the molecule is CC[C@@H](C)[C@@H]1N=C(c2ccccc2Cl)c2cc(Cl)ccc2N(Cc2cc(=O)n3ccccc3n2)C1=O. The molecular weight excluding hydrogens is 495 g/mol. The molecule has 4 aromatic rings. The Hall–Kier alpha value is -3.48. The number of carbonyl (C=O) groups is 1. The number of fused-ring (bicyclic) bond motifs is 2. The fourth-order valence-corrected chi connectivity index (χ4v) is 4.84. The topological polar surface area (TPSA) is 67.0 Å². The molecule has 0 fully saturated rings. The van der Waals surface area contributed by atoms with Gasteiger partial charge in [0.15, 0.2) is 0 Å².